The largest absolute Gasteiger partial charge is 0.317 e. The smallest absolute Gasteiger partial charge is 0.00489 e. The van der Waals surface area contributed by atoms with Gasteiger partial charge in [-0.2, -0.15) is 0 Å². The van der Waals surface area contributed by atoms with E-state index in [0.29, 0.717) is 0 Å². The normalized spacial score (nSPS) is 11.7. The van der Waals surface area contributed by atoms with E-state index in [1.165, 1.54) is 353 Å². The molecule has 1 nitrogen and oxygen atoms in total. The Kier molecular flexibility index (Phi) is 56.9. The maximum atomic E-state index is 3.57. The van der Waals surface area contributed by atoms with Gasteiger partial charge in [0.05, 0.1) is 0 Å². The van der Waals surface area contributed by atoms with Crippen LogP contribution >= 0.6 is 0 Å². The molecule has 0 rings (SSSR count). The predicted octanol–water partition coefficient (Wildman–Crippen LogP) is 21.3. The van der Waals surface area contributed by atoms with Gasteiger partial charge in [0, 0.05) is 0 Å². The van der Waals surface area contributed by atoms with Crippen LogP contribution in [0.1, 0.15) is 354 Å². The summed E-state index contributed by atoms with van der Waals surface area (Å²) >= 11 is 0. The van der Waals surface area contributed by atoms with E-state index in [2.05, 4.69) is 19.2 Å². The Morgan fingerprint density at radius 1 is 0.138 bits per heavy atom. The highest BCUT2D eigenvalue weighted by atomic mass is 14.8. The van der Waals surface area contributed by atoms with Gasteiger partial charge in [0.15, 0.2) is 0 Å². The van der Waals surface area contributed by atoms with E-state index in [1.807, 2.05) is 0 Å². The SMILES string of the molecule is CCCCCCCCCCCCCCCCCCCCCCCCCCCCCCCCCCCCCCCCCCCCCCCCCCCCCNCCCC. The number of rotatable bonds is 55. The minimum atomic E-state index is 1.22. The van der Waals surface area contributed by atoms with Crippen molar-refractivity contribution in [1.29, 1.82) is 0 Å². The quantitative estimate of drug-likeness (QED) is 0.0603. The van der Waals surface area contributed by atoms with Crippen LogP contribution < -0.4 is 5.32 Å². The molecular formula is C57H117N. The van der Waals surface area contributed by atoms with Crippen molar-refractivity contribution in [3.63, 3.8) is 0 Å². The van der Waals surface area contributed by atoms with E-state index < -0.39 is 0 Å². The second-order valence-electron chi connectivity index (χ2n) is 19.8. The summed E-state index contributed by atoms with van der Waals surface area (Å²) in [7, 11) is 0. The molecule has 0 aliphatic heterocycles. The summed E-state index contributed by atoms with van der Waals surface area (Å²) in [6.07, 6.45) is 78.4. The monoisotopic (exact) mass is 816 g/mol. The molecule has 0 aliphatic carbocycles. The van der Waals surface area contributed by atoms with Crippen molar-refractivity contribution >= 4 is 0 Å². The third-order valence-electron chi connectivity index (χ3n) is 13.7. The molecule has 0 fully saturated rings. The summed E-state index contributed by atoms with van der Waals surface area (Å²) in [4.78, 5) is 0. The van der Waals surface area contributed by atoms with Crippen LogP contribution in [0.5, 0.6) is 0 Å². The van der Waals surface area contributed by atoms with Gasteiger partial charge in [-0.3, -0.25) is 0 Å². The summed E-state index contributed by atoms with van der Waals surface area (Å²) < 4.78 is 0. The molecule has 0 aromatic heterocycles. The molecule has 0 amide bonds. The summed E-state index contributed by atoms with van der Waals surface area (Å²) in [5.74, 6) is 0. The van der Waals surface area contributed by atoms with Crippen LogP contribution in [0.3, 0.4) is 0 Å². The molecule has 0 spiro atoms. The number of nitrogens with one attached hydrogen (secondary N) is 1. The maximum absolute atomic E-state index is 3.57. The highest BCUT2D eigenvalue weighted by Gasteiger charge is 1.99. The lowest BCUT2D eigenvalue weighted by molar-refractivity contribution is 0.507. The zero-order valence-corrected chi connectivity index (χ0v) is 41.4. The minimum Gasteiger partial charge on any atom is -0.317 e. The van der Waals surface area contributed by atoms with Crippen LogP contribution in [0.4, 0.5) is 0 Å². The Morgan fingerprint density at radius 2 is 0.259 bits per heavy atom. The fourth-order valence-corrected chi connectivity index (χ4v) is 9.41. The average molecular weight is 817 g/mol. The molecule has 1 N–H and O–H groups in total. The zero-order chi connectivity index (χ0) is 41.6. The predicted molar refractivity (Wildman–Crippen MR) is 269 cm³/mol. The van der Waals surface area contributed by atoms with Crippen molar-refractivity contribution in [3.8, 4) is 0 Å². The van der Waals surface area contributed by atoms with E-state index in [1.54, 1.807) is 0 Å². The van der Waals surface area contributed by atoms with Crippen molar-refractivity contribution < 1.29 is 0 Å². The molecule has 0 bridgehead atoms. The first kappa shape index (κ1) is 58.0. The van der Waals surface area contributed by atoms with E-state index in [-0.39, 0.29) is 0 Å². The zero-order valence-electron chi connectivity index (χ0n) is 41.4. The van der Waals surface area contributed by atoms with Crippen LogP contribution in [0.25, 0.3) is 0 Å². The first-order chi connectivity index (χ1) is 28.9. The second kappa shape index (κ2) is 57.0. The summed E-state index contributed by atoms with van der Waals surface area (Å²) in [5.41, 5.74) is 0. The van der Waals surface area contributed by atoms with Crippen LogP contribution in [0.2, 0.25) is 0 Å². The maximum Gasteiger partial charge on any atom is -0.00489 e. The average Bonchev–Trinajstić information content (AvgIpc) is 3.23. The van der Waals surface area contributed by atoms with E-state index in [4.69, 9.17) is 0 Å². The summed E-state index contributed by atoms with van der Waals surface area (Å²) in [6, 6.07) is 0. The number of hydrogen-bond donors (Lipinski definition) is 1. The molecule has 0 atom stereocenters. The molecule has 0 radical (unpaired) electrons. The lowest BCUT2D eigenvalue weighted by Crippen LogP contribution is -2.16. The molecule has 0 aliphatic rings. The molecular weight excluding hydrogens is 699 g/mol. The Bertz CT molecular complexity index is 602. The first-order valence-electron chi connectivity index (χ1n) is 28.6. The molecule has 0 heterocycles. The van der Waals surface area contributed by atoms with Crippen LogP contribution in [0.15, 0.2) is 0 Å². The number of unbranched alkanes of at least 4 members (excludes halogenated alkanes) is 51. The van der Waals surface area contributed by atoms with Gasteiger partial charge in [-0.15, -0.1) is 0 Å². The van der Waals surface area contributed by atoms with Gasteiger partial charge in [-0.1, -0.05) is 341 Å². The highest BCUT2D eigenvalue weighted by molar-refractivity contribution is 4.55. The minimum absolute atomic E-state index is 1.22. The molecule has 0 aromatic carbocycles. The standard InChI is InChI=1S/C57H117N/c1-3-5-7-8-9-10-11-12-13-14-15-16-17-18-19-20-21-22-23-24-25-26-27-28-29-30-31-32-33-34-35-36-37-38-39-40-41-42-43-44-45-46-47-48-49-50-51-52-53-54-55-57-58-56-6-4-2/h58H,3-57H2,1-2H3. The van der Waals surface area contributed by atoms with Gasteiger partial charge >= 0.3 is 0 Å². The number of hydrogen-bond acceptors (Lipinski definition) is 1. The third-order valence-corrected chi connectivity index (χ3v) is 13.7. The third kappa shape index (κ3) is 56.0. The van der Waals surface area contributed by atoms with Gasteiger partial charge in [-0.25, -0.2) is 0 Å². The van der Waals surface area contributed by atoms with Gasteiger partial charge < -0.3 is 5.32 Å². The van der Waals surface area contributed by atoms with Gasteiger partial charge in [0.1, 0.15) is 0 Å². The second-order valence-corrected chi connectivity index (χ2v) is 19.8. The van der Waals surface area contributed by atoms with Crippen molar-refractivity contribution in [1.82, 2.24) is 5.32 Å². The molecule has 58 heavy (non-hydrogen) atoms. The van der Waals surface area contributed by atoms with Crippen molar-refractivity contribution in [2.75, 3.05) is 13.1 Å². The van der Waals surface area contributed by atoms with E-state index in [9.17, 15) is 0 Å². The van der Waals surface area contributed by atoms with Crippen molar-refractivity contribution in [2.45, 2.75) is 354 Å². The Balaban J connectivity index is 3.05. The van der Waals surface area contributed by atoms with Crippen LogP contribution in [-0.4, -0.2) is 13.1 Å². The van der Waals surface area contributed by atoms with Gasteiger partial charge in [0.2, 0.25) is 0 Å². The summed E-state index contributed by atoms with van der Waals surface area (Å²) in [6.45, 7) is 7.04. The van der Waals surface area contributed by atoms with Crippen LogP contribution in [0, 0.1) is 0 Å². The molecule has 1 heteroatoms. The topological polar surface area (TPSA) is 12.0 Å². The van der Waals surface area contributed by atoms with Crippen molar-refractivity contribution in [3.05, 3.63) is 0 Å². The Hall–Kier alpha value is -0.0400. The molecule has 0 unspecified atom stereocenters. The molecule has 0 saturated carbocycles. The van der Waals surface area contributed by atoms with Crippen LogP contribution in [-0.2, 0) is 0 Å². The van der Waals surface area contributed by atoms with Gasteiger partial charge in [0.25, 0.3) is 0 Å². The Labute approximate surface area is 371 Å². The highest BCUT2D eigenvalue weighted by Crippen LogP contribution is 2.19. The van der Waals surface area contributed by atoms with E-state index in [0.717, 1.165) is 0 Å². The lowest BCUT2D eigenvalue weighted by atomic mass is 10.0. The fourth-order valence-electron chi connectivity index (χ4n) is 9.41. The van der Waals surface area contributed by atoms with Gasteiger partial charge in [-0.05, 0) is 25.9 Å². The molecule has 0 saturated heterocycles. The van der Waals surface area contributed by atoms with Crippen molar-refractivity contribution in [2.24, 2.45) is 0 Å². The molecule has 0 aromatic rings. The first-order valence-corrected chi connectivity index (χ1v) is 28.6. The van der Waals surface area contributed by atoms with E-state index >= 15 is 0 Å². The lowest BCUT2D eigenvalue weighted by Gasteiger charge is -2.05. The Morgan fingerprint density at radius 3 is 0.414 bits per heavy atom. The fraction of sp³-hybridized carbons (Fsp3) is 1.00. The molecule has 350 valence electrons. The summed E-state index contributed by atoms with van der Waals surface area (Å²) in [5, 5.41) is 3.57.